The van der Waals surface area contributed by atoms with Crippen LogP contribution in [0, 0.1) is 11.3 Å². The van der Waals surface area contributed by atoms with Crippen molar-refractivity contribution in [3.63, 3.8) is 0 Å². The minimum Gasteiger partial charge on any atom is -0.330 e. The van der Waals surface area contributed by atoms with Crippen molar-refractivity contribution in [3.8, 4) is 6.07 Å². The van der Waals surface area contributed by atoms with E-state index in [9.17, 15) is 0 Å². The van der Waals surface area contributed by atoms with Gasteiger partial charge in [-0.05, 0) is 18.1 Å². The maximum absolute atomic E-state index is 8.69. The Morgan fingerprint density at radius 2 is 2.27 bits per heavy atom. The minimum absolute atomic E-state index is 0.369. The van der Waals surface area contributed by atoms with Gasteiger partial charge in [0.25, 0.3) is 0 Å². The van der Waals surface area contributed by atoms with Crippen LogP contribution in [0.1, 0.15) is 18.3 Å². The van der Waals surface area contributed by atoms with E-state index < -0.39 is 0 Å². The van der Waals surface area contributed by atoms with Gasteiger partial charge in [0.2, 0.25) is 0 Å². The predicted octanol–water partition coefficient (Wildman–Crippen LogP) is 2.20. The van der Waals surface area contributed by atoms with Crippen molar-refractivity contribution < 1.29 is 0 Å². The molecular weight excluding hydrogens is 186 g/mol. The zero-order valence-electron chi connectivity index (χ0n) is 8.99. The highest BCUT2D eigenvalue weighted by Gasteiger charge is 2.09. The molecule has 0 radical (unpaired) electrons. The van der Waals surface area contributed by atoms with E-state index in [2.05, 4.69) is 24.0 Å². The second-order valence-electron chi connectivity index (χ2n) is 3.56. The third-order valence-corrected chi connectivity index (χ3v) is 2.69. The fraction of sp³-hybridized carbons (Fsp3) is 0.333. The van der Waals surface area contributed by atoms with Gasteiger partial charge >= 0.3 is 0 Å². The number of hydrogen-bond acceptors (Lipinski definition) is 2. The highest BCUT2D eigenvalue weighted by atomic mass is 15.1. The first kappa shape index (κ1) is 9.72. The minimum atomic E-state index is 0.369. The maximum atomic E-state index is 8.69. The van der Waals surface area contributed by atoms with Gasteiger partial charge in [-0.2, -0.15) is 5.26 Å². The Labute approximate surface area is 89.0 Å². The molecule has 1 heterocycles. The largest absolute Gasteiger partial charge is 0.330 e. The van der Waals surface area contributed by atoms with E-state index in [1.54, 1.807) is 0 Å². The lowest BCUT2D eigenvalue weighted by Crippen LogP contribution is -1.97. The van der Waals surface area contributed by atoms with Gasteiger partial charge in [0, 0.05) is 7.05 Å². The number of imidazole rings is 1. The van der Waals surface area contributed by atoms with Gasteiger partial charge in [-0.1, -0.05) is 19.1 Å². The van der Waals surface area contributed by atoms with E-state index in [-0.39, 0.29) is 0 Å². The van der Waals surface area contributed by atoms with Crippen LogP contribution in [0.5, 0.6) is 0 Å². The zero-order chi connectivity index (χ0) is 10.8. The first-order valence-electron chi connectivity index (χ1n) is 5.08. The van der Waals surface area contributed by atoms with Crippen LogP contribution in [-0.4, -0.2) is 9.55 Å². The molecule has 0 aliphatic carbocycles. The highest BCUT2D eigenvalue weighted by Crippen LogP contribution is 2.19. The van der Waals surface area contributed by atoms with E-state index in [0.717, 1.165) is 23.3 Å². The monoisotopic (exact) mass is 199 g/mol. The van der Waals surface area contributed by atoms with Crippen LogP contribution in [0.2, 0.25) is 0 Å². The van der Waals surface area contributed by atoms with E-state index in [4.69, 9.17) is 5.26 Å². The molecule has 0 aliphatic rings. The molecule has 0 spiro atoms. The molecule has 0 amide bonds. The Morgan fingerprint density at radius 3 is 2.93 bits per heavy atom. The van der Waals surface area contributed by atoms with E-state index in [0.29, 0.717) is 6.42 Å². The summed E-state index contributed by atoms with van der Waals surface area (Å²) < 4.78 is 2.03. The molecule has 3 nitrogen and oxygen atoms in total. The van der Waals surface area contributed by atoms with Crippen LogP contribution >= 0.6 is 0 Å². The summed E-state index contributed by atoms with van der Waals surface area (Å²) in [4.78, 5) is 4.45. The smallest absolute Gasteiger partial charge is 0.123 e. The third-order valence-electron chi connectivity index (χ3n) is 2.69. The van der Waals surface area contributed by atoms with Gasteiger partial charge < -0.3 is 4.57 Å². The second-order valence-corrected chi connectivity index (χ2v) is 3.56. The molecule has 0 fully saturated rings. The Hall–Kier alpha value is -1.82. The molecule has 2 aromatic rings. The number of hydrogen-bond donors (Lipinski definition) is 0. The number of benzene rings is 1. The molecule has 0 atom stereocenters. The molecule has 1 aromatic heterocycles. The Kier molecular flexibility index (Phi) is 2.42. The molecule has 3 heteroatoms. The third kappa shape index (κ3) is 1.48. The van der Waals surface area contributed by atoms with Crippen molar-refractivity contribution in [2.45, 2.75) is 19.8 Å². The molecular formula is C12H13N3. The molecule has 0 N–H and O–H groups in total. The highest BCUT2D eigenvalue weighted by molar-refractivity contribution is 5.79. The summed E-state index contributed by atoms with van der Waals surface area (Å²) in [6.07, 6.45) is 1.36. The van der Waals surface area contributed by atoms with E-state index in [1.807, 2.05) is 23.7 Å². The van der Waals surface area contributed by atoms with E-state index >= 15 is 0 Å². The summed E-state index contributed by atoms with van der Waals surface area (Å²) in [5.41, 5.74) is 3.43. The molecule has 0 saturated carbocycles. The first-order chi connectivity index (χ1) is 7.27. The summed E-state index contributed by atoms with van der Waals surface area (Å²) in [5, 5.41) is 8.69. The number of nitrogens with zero attached hydrogens (tertiary/aromatic N) is 3. The SMILES string of the molecule is CCc1cccc2nc(CC#N)n(C)c12. The molecule has 0 bridgehead atoms. The summed E-state index contributed by atoms with van der Waals surface area (Å²) in [5.74, 6) is 0.841. The van der Waals surface area contributed by atoms with Gasteiger partial charge in [-0.3, -0.25) is 0 Å². The van der Waals surface area contributed by atoms with Crippen molar-refractivity contribution in [1.82, 2.24) is 9.55 Å². The van der Waals surface area contributed by atoms with Gasteiger partial charge in [-0.25, -0.2) is 4.98 Å². The number of nitriles is 1. The molecule has 2 rings (SSSR count). The summed E-state index contributed by atoms with van der Waals surface area (Å²) in [7, 11) is 1.97. The van der Waals surface area contributed by atoms with Crippen molar-refractivity contribution >= 4 is 11.0 Å². The van der Waals surface area contributed by atoms with Crippen LogP contribution in [0.4, 0.5) is 0 Å². The van der Waals surface area contributed by atoms with Crippen LogP contribution in [-0.2, 0) is 19.9 Å². The van der Waals surface area contributed by atoms with Crippen molar-refractivity contribution in [3.05, 3.63) is 29.6 Å². The quantitative estimate of drug-likeness (QED) is 0.744. The van der Waals surface area contributed by atoms with Crippen LogP contribution in [0.3, 0.4) is 0 Å². The Balaban J connectivity index is 2.72. The summed E-state index contributed by atoms with van der Waals surface area (Å²) in [6.45, 7) is 2.13. The summed E-state index contributed by atoms with van der Waals surface area (Å²) in [6, 6.07) is 8.26. The average Bonchev–Trinajstić information content (AvgIpc) is 2.57. The van der Waals surface area contributed by atoms with Gasteiger partial charge in [0.05, 0.1) is 23.5 Å². The van der Waals surface area contributed by atoms with Crippen molar-refractivity contribution in [1.29, 1.82) is 5.26 Å². The Bertz CT molecular complexity index is 532. The fourth-order valence-corrected chi connectivity index (χ4v) is 1.91. The van der Waals surface area contributed by atoms with Gasteiger partial charge in [0.15, 0.2) is 0 Å². The predicted molar refractivity (Wildman–Crippen MR) is 59.4 cm³/mol. The maximum Gasteiger partial charge on any atom is 0.123 e. The van der Waals surface area contributed by atoms with E-state index in [1.165, 1.54) is 5.56 Å². The Morgan fingerprint density at radius 1 is 1.47 bits per heavy atom. The second kappa shape index (κ2) is 3.74. The standard InChI is InChI=1S/C12H13N3/c1-3-9-5-4-6-10-12(9)15(2)11(14-10)7-8-13/h4-6H,3,7H2,1-2H3. The van der Waals surface area contributed by atoms with Gasteiger partial charge in [0.1, 0.15) is 5.82 Å². The molecule has 15 heavy (non-hydrogen) atoms. The summed E-state index contributed by atoms with van der Waals surface area (Å²) >= 11 is 0. The number of fused-ring (bicyclic) bond motifs is 1. The topological polar surface area (TPSA) is 41.6 Å². The lowest BCUT2D eigenvalue weighted by molar-refractivity contribution is 0.852. The first-order valence-corrected chi connectivity index (χ1v) is 5.08. The number of aromatic nitrogens is 2. The lowest BCUT2D eigenvalue weighted by atomic mass is 10.1. The fourth-order valence-electron chi connectivity index (χ4n) is 1.91. The molecule has 76 valence electrons. The molecule has 0 saturated heterocycles. The van der Waals surface area contributed by atoms with Crippen LogP contribution < -0.4 is 0 Å². The van der Waals surface area contributed by atoms with Gasteiger partial charge in [-0.15, -0.1) is 0 Å². The number of aryl methyl sites for hydroxylation is 2. The lowest BCUT2D eigenvalue weighted by Gasteiger charge is -2.02. The molecule has 0 unspecified atom stereocenters. The number of para-hydroxylation sites is 1. The molecule has 0 aliphatic heterocycles. The average molecular weight is 199 g/mol. The normalized spacial score (nSPS) is 10.5. The molecule has 1 aromatic carbocycles. The zero-order valence-corrected chi connectivity index (χ0v) is 8.99. The van der Waals surface area contributed by atoms with Crippen LogP contribution in [0.15, 0.2) is 18.2 Å². The number of rotatable bonds is 2. The van der Waals surface area contributed by atoms with Crippen LogP contribution in [0.25, 0.3) is 11.0 Å². The van der Waals surface area contributed by atoms with Crippen molar-refractivity contribution in [2.24, 2.45) is 7.05 Å². The van der Waals surface area contributed by atoms with Crippen molar-refractivity contribution in [2.75, 3.05) is 0 Å².